The van der Waals surface area contributed by atoms with Crippen LogP contribution >= 0.6 is 0 Å². The van der Waals surface area contributed by atoms with E-state index in [4.69, 9.17) is 9.84 Å². The third-order valence-electron chi connectivity index (χ3n) is 1.92. The Labute approximate surface area is 83.7 Å². The summed E-state index contributed by atoms with van der Waals surface area (Å²) in [4.78, 5) is 14.4. The van der Waals surface area contributed by atoms with Gasteiger partial charge in [-0.15, -0.1) is 0 Å². The first-order valence-electron chi connectivity index (χ1n) is 4.07. The molecule has 0 aromatic carbocycles. The summed E-state index contributed by atoms with van der Waals surface area (Å²) in [7, 11) is 1.36. The van der Waals surface area contributed by atoms with Crippen LogP contribution in [0.3, 0.4) is 0 Å². The summed E-state index contributed by atoms with van der Waals surface area (Å²) < 4.78 is 19.2. The SMILES string of the molecule is COc1cc(F)cn2cc(C(=O)O)nc12. The first-order chi connectivity index (χ1) is 7.11. The molecule has 0 fully saturated rings. The van der Waals surface area contributed by atoms with E-state index in [1.165, 1.54) is 17.7 Å². The Morgan fingerprint density at radius 2 is 2.33 bits per heavy atom. The number of pyridine rings is 1. The van der Waals surface area contributed by atoms with Crippen LogP contribution < -0.4 is 4.74 Å². The van der Waals surface area contributed by atoms with E-state index in [0.717, 1.165) is 12.3 Å². The van der Waals surface area contributed by atoms with Gasteiger partial charge in [-0.25, -0.2) is 14.2 Å². The quantitative estimate of drug-likeness (QED) is 0.808. The maximum atomic E-state index is 13.0. The predicted molar refractivity (Wildman–Crippen MR) is 48.7 cm³/mol. The number of aromatic carboxylic acids is 1. The van der Waals surface area contributed by atoms with Gasteiger partial charge in [-0.2, -0.15) is 0 Å². The molecule has 0 aliphatic carbocycles. The number of carbonyl (C=O) groups is 1. The number of hydrogen-bond donors (Lipinski definition) is 1. The predicted octanol–water partition coefficient (Wildman–Crippen LogP) is 1.18. The number of imidazole rings is 1. The normalized spacial score (nSPS) is 10.5. The average Bonchev–Trinajstić information content (AvgIpc) is 2.59. The number of carboxylic acids is 1. The summed E-state index contributed by atoms with van der Waals surface area (Å²) >= 11 is 0. The van der Waals surface area contributed by atoms with Crippen molar-refractivity contribution in [3.8, 4) is 5.75 Å². The zero-order chi connectivity index (χ0) is 11.0. The summed E-state index contributed by atoms with van der Waals surface area (Å²) in [6.07, 6.45) is 2.36. The molecular weight excluding hydrogens is 203 g/mol. The van der Waals surface area contributed by atoms with Crippen molar-refractivity contribution in [1.29, 1.82) is 0 Å². The van der Waals surface area contributed by atoms with Gasteiger partial charge in [-0.05, 0) is 0 Å². The van der Waals surface area contributed by atoms with Crippen LogP contribution in [-0.4, -0.2) is 27.6 Å². The van der Waals surface area contributed by atoms with E-state index in [2.05, 4.69) is 4.98 Å². The number of aromatic nitrogens is 2. The minimum atomic E-state index is -1.17. The Kier molecular flexibility index (Phi) is 2.03. The first-order valence-corrected chi connectivity index (χ1v) is 4.07. The Bertz CT molecular complexity index is 535. The summed E-state index contributed by atoms with van der Waals surface area (Å²) in [5.74, 6) is -1.49. The van der Waals surface area contributed by atoms with Gasteiger partial charge in [-0.1, -0.05) is 0 Å². The Hall–Kier alpha value is -2.11. The van der Waals surface area contributed by atoms with E-state index in [1.807, 2.05) is 0 Å². The van der Waals surface area contributed by atoms with Crippen molar-refractivity contribution in [2.45, 2.75) is 0 Å². The van der Waals surface area contributed by atoms with Gasteiger partial charge in [0.25, 0.3) is 0 Å². The standard InChI is InChI=1S/C9H7FN2O3/c1-15-7-2-5(10)3-12-4-6(9(13)14)11-8(7)12/h2-4H,1H3,(H,13,14). The number of carboxylic acid groups (broad SMARTS) is 1. The van der Waals surface area contributed by atoms with Crippen LogP contribution in [0, 0.1) is 5.82 Å². The molecule has 6 heteroatoms. The van der Waals surface area contributed by atoms with E-state index in [9.17, 15) is 9.18 Å². The van der Waals surface area contributed by atoms with Crippen molar-refractivity contribution >= 4 is 11.6 Å². The minimum absolute atomic E-state index is 0.154. The summed E-state index contributed by atoms with van der Waals surface area (Å²) in [5, 5.41) is 8.71. The molecule has 0 amide bonds. The number of ether oxygens (including phenoxy) is 1. The Morgan fingerprint density at radius 1 is 1.60 bits per heavy atom. The number of nitrogens with zero attached hydrogens (tertiary/aromatic N) is 2. The molecule has 0 unspecified atom stereocenters. The van der Waals surface area contributed by atoms with Crippen molar-refractivity contribution in [3.05, 3.63) is 30.0 Å². The van der Waals surface area contributed by atoms with Gasteiger partial charge in [0, 0.05) is 18.5 Å². The maximum absolute atomic E-state index is 13.0. The molecule has 0 spiro atoms. The molecule has 0 bridgehead atoms. The lowest BCUT2D eigenvalue weighted by Gasteiger charge is -2.01. The third-order valence-corrected chi connectivity index (χ3v) is 1.92. The Balaban J connectivity index is 2.74. The molecule has 2 aromatic rings. The van der Waals surface area contributed by atoms with E-state index in [1.54, 1.807) is 0 Å². The fourth-order valence-corrected chi connectivity index (χ4v) is 1.29. The van der Waals surface area contributed by atoms with Gasteiger partial charge in [0.2, 0.25) is 0 Å². The number of methoxy groups -OCH3 is 1. The lowest BCUT2D eigenvalue weighted by atomic mass is 10.4. The molecule has 78 valence electrons. The van der Waals surface area contributed by atoms with Crippen molar-refractivity contribution < 1.29 is 19.0 Å². The van der Waals surface area contributed by atoms with E-state index in [-0.39, 0.29) is 17.1 Å². The third kappa shape index (κ3) is 1.50. The highest BCUT2D eigenvalue weighted by molar-refractivity contribution is 5.86. The van der Waals surface area contributed by atoms with Crippen molar-refractivity contribution in [2.75, 3.05) is 7.11 Å². The van der Waals surface area contributed by atoms with Gasteiger partial charge >= 0.3 is 5.97 Å². The van der Waals surface area contributed by atoms with Crippen LogP contribution in [0.4, 0.5) is 4.39 Å². The molecule has 0 radical (unpaired) electrons. The molecule has 5 nitrogen and oxygen atoms in total. The molecule has 2 rings (SSSR count). The van der Waals surface area contributed by atoms with Crippen LogP contribution in [-0.2, 0) is 0 Å². The van der Waals surface area contributed by atoms with Gasteiger partial charge in [0.05, 0.1) is 7.11 Å². The summed E-state index contributed by atoms with van der Waals surface area (Å²) in [5.41, 5.74) is 0.121. The molecule has 2 heterocycles. The smallest absolute Gasteiger partial charge is 0.356 e. The van der Waals surface area contributed by atoms with E-state index in [0.29, 0.717) is 0 Å². The zero-order valence-corrected chi connectivity index (χ0v) is 7.77. The van der Waals surface area contributed by atoms with Gasteiger partial charge in [0.1, 0.15) is 5.82 Å². The molecule has 0 saturated heterocycles. The monoisotopic (exact) mass is 210 g/mol. The van der Waals surface area contributed by atoms with Crippen molar-refractivity contribution in [3.63, 3.8) is 0 Å². The second-order valence-electron chi connectivity index (χ2n) is 2.89. The van der Waals surface area contributed by atoms with Crippen LogP contribution in [0.5, 0.6) is 5.75 Å². The highest BCUT2D eigenvalue weighted by Crippen LogP contribution is 2.20. The van der Waals surface area contributed by atoms with Crippen molar-refractivity contribution in [2.24, 2.45) is 0 Å². The fourth-order valence-electron chi connectivity index (χ4n) is 1.29. The van der Waals surface area contributed by atoms with E-state index < -0.39 is 11.8 Å². The fraction of sp³-hybridized carbons (Fsp3) is 0.111. The van der Waals surface area contributed by atoms with Crippen LogP contribution in [0.1, 0.15) is 10.5 Å². The van der Waals surface area contributed by atoms with Crippen LogP contribution in [0.2, 0.25) is 0 Å². The largest absolute Gasteiger partial charge is 0.493 e. The summed E-state index contributed by atoms with van der Waals surface area (Å²) in [6.45, 7) is 0. The topological polar surface area (TPSA) is 63.8 Å². The molecule has 0 saturated carbocycles. The number of hydrogen-bond acceptors (Lipinski definition) is 3. The first kappa shape index (κ1) is 9.45. The van der Waals surface area contributed by atoms with Gasteiger partial charge in [-0.3, -0.25) is 0 Å². The Morgan fingerprint density at radius 3 is 2.93 bits per heavy atom. The average molecular weight is 210 g/mol. The molecule has 2 aromatic heterocycles. The lowest BCUT2D eigenvalue weighted by Crippen LogP contribution is -1.95. The zero-order valence-electron chi connectivity index (χ0n) is 7.77. The highest BCUT2D eigenvalue weighted by atomic mass is 19.1. The van der Waals surface area contributed by atoms with Crippen LogP contribution in [0.25, 0.3) is 5.65 Å². The maximum Gasteiger partial charge on any atom is 0.356 e. The second-order valence-corrected chi connectivity index (χ2v) is 2.89. The van der Waals surface area contributed by atoms with Crippen LogP contribution in [0.15, 0.2) is 18.5 Å². The van der Waals surface area contributed by atoms with Crippen molar-refractivity contribution in [1.82, 2.24) is 9.38 Å². The number of halogens is 1. The number of rotatable bonds is 2. The highest BCUT2D eigenvalue weighted by Gasteiger charge is 2.12. The summed E-state index contributed by atoms with van der Waals surface area (Å²) in [6, 6.07) is 1.15. The second kappa shape index (κ2) is 3.23. The number of fused-ring (bicyclic) bond motifs is 1. The minimum Gasteiger partial charge on any atom is -0.493 e. The molecular formula is C9H7FN2O3. The molecule has 15 heavy (non-hydrogen) atoms. The molecule has 1 N–H and O–H groups in total. The van der Waals surface area contributed by atoms with E-state index >= 15 is 0 Å². The lowest BCUT2D eigenvalue weighted by molar-refractivity contribution is 0.0691. The molecule has 0 aliphatic heterocycles. The van der Waals surface area contributed by atoms with Gasteiger partial charge in [0.15, 0.2) is 17.1 Å². The molecule has 0 atom stereocenters. The molecule has 0 aliphatic rings. The van der Waals surface area contributed by atoms with Gasteiger partial charge < -0.3 is 14.2 Å².